The van der Waals surface area contributed by atoms with E-state index in [0.717, 1.165) is 17.8 Å². The van der Waals surface area contributed by atoms with Gasteiger partial charge in [0, 0.05) is 11.4 Å². The zero-order valence-electron chi connectivity index (χ0n) is 16.3. The van der Waals surface area contributed by atoms with Crippen LogP contribution in [0.4, 0.5) is 11.4 Å². The Labute approximate surface area is 159 Å². The van der Waals surface area contributed by atoms with Gasteiger partial charge in [-0.15, -0.1) is 0 Å². The van der Waals surface area contributed by atoms with Crippen LogP contribution in [0.3, 0.4) is 0 Å². The minimum atomic E-state index is -0.127. The van der Waals surface area contributed by atoms with E-state index in [2.05, 4.69) is 41.7 Å². The maximum atomic E-state index is 9.22. The first-order valence-corrected chi connectivity index (χ1v) is 10.3. The van der Waals surface area contributed by atoms with Crippen molar-refractivity contribution in [3.63, 3.8) is 0 Å². The van der Waals surface area contributed by atoms with E-state index in [4.69, 9.17) is 0 Å². The highest BCUT2D eigenvalue weighted by Crippen LogP contribution is 2.18. The van der Waals surface area contributed by atoms with Crippen molar-refractivity contribution in [3.8, 4) is 0 Å². The van der Waals surface area contributed by atoms with E-state index < -0.39 is 0 Å². The molecule has 0 bridgehead atoms. The fourth-order valence-electron chi connectivity index (χ4n) is 3.27. The van der Waals surface area contributed by atoms with E-state index in [1.165, 1.54) is 63.4 Å². The molecule has 0 aliphatic rings. The number of benzene rings is 2. The molecule has 0 heterocycles. The molecule has 2 aromatic carbocycles. The molecule has 1 unspecified atom stereocenters. The van der Waals surface area contributed by atoms with Crippen LogP contribution >= 0.6 is 0 Å². The van der Waals surface area contributed by atoms with Crippen molar-refractivity contribution < 1.29 is 5.11 Å². The van der Waals surface area contributed by atoms with Gasteiger partial charge < -0.3 is 10.4 Å². The first kappa shape index (κ1) is 20.5. The fraction of sp³-hybridized carbons (Fsp3) is 0.500. The van der Waals surface area contributed by atoms with Crippen molar-refractivity contribution in [2.75, 3.05) is 5.32 Å². The normalized spacial score (nSPS) is 12.1. The van der Waals surface area contributed by atoms with E-state index in [1.807, 2.05) is 25.1 Å². The number of unbranched alkanes of at least 4 members (excludes halogenated alkanes) is 7. The number of nitrogens with one attached hydrogen (secondary N) is 1. The van der Waals surface area contributed by atoms with Crippen LogP contribution in [0, 0.1) is 0 Å². The average molecular weight is 354 g/mol. The molecule has 0 saturated heterocycles. The Kier molecular flexibility index (Phi) is 9.89. The van der Waals surface area contributed by atoms with Gasteiger partial charge in [0.1, 0.15) is 0 Å². The molecule has 2 aromatic rings. The highest BCUT2D eigenvalue weighted by molar-refractivity contribution is 5.59. The molecule has 0 spiro atoms. The Morgan fingerprint density at radius 1 is 0.692 bits per heavy atom. The van der Waals surface area contributed by atoms with E-state index in [9.17, 15) is 5.11 Å². The third-order valence-corrected chi connectivity index (χ3v) is 4.85. The quantitative estimate of drug-likeness (QED) is 0.385. The molecule has 0 amide bonds. The average Bonchev–Trinajstić information content (AvgIpc) is 2.65. The maximum absolute atomic E-state index is 9.22. The summed E-state index contributed by atoms with van der Waals surface area (Å²) in [5, 5.41) is 12.7. The molecule has 0 aliphatic heterocycles. The topological polar surface area (TPSA) is 32.3 Å². The van der Waals surface area contributed by atoms with E-state index in [-0.39, 0.29) is 6.10 Å². The standard InChI is InChI=1S/C24H35NO/c1-21(26)13-9-6-4-2-3-5-7-10-14-22-17-19-24(20-18-22)25-23-15-11-8-12-16-23/h8,11-12,15-21,25-26H,2-7,9-10,13-14H2,1H3. The molecule has 1 atom stereocenters. The molecule has 2 nitrogen and oxygen atoms in total. The van der Waals surface area contributed by atoms with Crippen molar-refractivity contribution in [1.82, 2.24) is 0 Å². The smallest absolute Gasteiger partial charge is 0.0512 e. The fourth-order valence-corrected chi connectivity index (χ4v) is 3.27. The van der Waals surface area contributed by atoms with E-state index in [0.29, 0.717) is 0 Å². The van der Waals surface area contributed by atoms with Gasteiger partial charge in [-0.05, 0) is 56.0 Å². The summed E-state index contributed by atoms with van der Waals surface area (Å²) in [6.07, 6.45) is 12.4. The lowest BCUT2D eigenvalue weighted by molar-refractivity contribution is 0.180. The number of aliphatic hydroxyl groups is 1. The lowest BCUT2D eigenvalue weighted by Gasteiger charge is -2.08. The number of aliphatic hydroxyl groups excluding tert-OH is 1. The summed E-state index contributed by atoms with van der Waals surface area (Å²) >= 11 is 0. The van der Waals surface area contributed by atoms with Crippen LogP contribution in [0.2, 0.25) is 0 Å². The second-order valence-electron chi connectivity index (χ2n) is 7.40. The molecule has 0 saturated carbocycles. The van der Waals surface area contributed by atoms with Crippen LogP contribution in [0.25, 0.3) is 0 Å². The summed E-state index contributed by atoms with van der Waals surface area (Å²) in [5.41, 5.74) is 3.71. The van der Waals surface area contributed by atoms with Gasteiger partial charge in [-0.2, -0.15) is 0 Å². The number of hydrogen-bond acceptors (Lipinski definition) is 2. The lowest BCUT2D eigenvalue weighted by Crippen LogP contribution is -1.98. The number of anilines is 2. The lowest BCUT2D eigenvalue weighted by atomic mass is 10.0. The Morgan fingerprint density at radius 2 is 1.23 bits per heavy atom. The Hall–Kier alpha value is -1.80. The second-order valence-corrected chi connectivity index (χ2v) is 7.40. The first-order chi connectivity index (χ1) is 12.7. The maximum Gasteiger partial charge on any atom is 0.0512 e. The molecule has 26 heavy (non-hydrogen) atoms. The van der Waals surface area contributed by atoms with Crippen molar-refractivity contribution in [2.45, 2.75) is 77.2 Å². The van der Waals surface area contributed by atoms with Gasteiger partial charge in [0.15, 0.2) is 0 Å². The van der Waals surface area contributed by atoms with Crippen LogP contribution in [0.1, 0.15) is 70.3 Å². The Bertz CT molecular complexity index is 577. The van der Waals surface area contributed by atoms with Crippen molar-refractivity contribution >= 4 is 11.4 Å². The van der Waals surface area contributed by atoms with Crippen molar-refractivity contribution in [1.29, 1.82) is 0 Å². The minimum Gasteiger partial charge on any atom is -0.393 e. The molecular weight excluding hydrogens is 318 g/mol. The van der Waals surface area contributed by atoms with Crippen LogP contribution < -0.4 is 5.32 Å². The predicted molar refractivity (Wildman–Crippen MR) is 113 cm³/mol. The predicted octanol–water partition coefficient (Wildman–Crippen LogP) is 6.86. The van der Waals surface area contributed by atoms with Crippen molar-refractivity contribution in [2.24, 2.45) is 0 Å². The van der Waals surface area contributed by atoms with Crippen LogP contribution in [0.5, 0.6) is 0 Å². The highest BCUT2D eigenvalue weighted by atomic mass is 16.3. The summed E-state index contributed by atoms with van der Waals surface area (Å²) in [7, 11) is 0. The second kappa shape index (κ2) is 12.5. The molecule has 2 heteroatoms. The highest BCUT2D eigenvalue weighted by Gasteiger charge is 1.98. The van der Waals surface area contributed by atoms with Gasteiger partial charge in [0.05, 0.1) is 6.10 Å². The monoisotopic (exact) mass is 353 g/mol. The van der Waals surface area contributed by atoms with Crippen LogP contribution in [0.15, 0.2) is 54.6 Å². The summed E-state index contributed by atoms with van der Waals surface area (Å²) in [4.78, 5) is 0. The van der Waals surface area contributed by atoms with Gasteiger partial charge in [0.2, 0.25) is 0 Å². The molecule has 2 rings (SSSR count). The van der Waals surface area contributed by atoms with E-state index in [1.54, 1.807) is 0 Å². The van der Waals surface area contributed by atoms with Crippen LogP contribution in [-0.4, -0.2) is 11.2 Å². The van der Waals surface area contributed by atoms with Gasteiger partial charge in [-0.1, -0.05) is 75.3 Å². The molecule has 0 aliphatic carbocycles. The van der Waals surface area contributed by atoms with Gasteiger partial charge in [-0.25, -0.2) is 0 Å². The van der Waals surface area contributed by atoms with Gasteiger partial charge in [0.25, 0.3) is 0 Å². The molecule has 0 radical (unpaired) electrons. The third-order valence-electron chi connectivity index (χ3n) is 4.85. The largest absolute Gasteiger partial charge is 0.393 e. The zero-order valence-corrected chi connectivity index (χ0v) is 16.3. The number of hydrogen-bond donors (Lipinski definition) is 2. The molecule has 0 fully saturated rings. The molecular formula is C24H35NO. The zero-order chi connectivity index (χ0) is 18.5. The third kappa shape index (κ3) is 9.05. The van der Waals surface area contributed by atoms with Gasteiger partial charge in [-0.3, -0.25) is 0 Å². The summed E-state index contributed by atoms with van der Waals surface area (Å²) in [6, 6.07) is 19.1. The molecule has 142 valence electrons. The van der Waals surface area contributed by atoms with Crippen LogP contribution in [-0.2, 0) is 6.42 Å². The summed E-state index contributed by atoms with van der Waals surface area (Å²) in [5.74, 6) is 0. The van der Waals surface area contributed by atoms with Crippen molar-refractivity contribution in [3.05, 3.63) is 60.2 Å². The Morgan fingerprint density at radius 3 is 1.85 bits per heavy atom. The molecule has 2 N–H and O–H groups in total. The SMILES string of the molecule is CC(O)CCCCCCCCCCc1ccc(Nc2ccccc2)cc1. The van der Waals surface area contributed by atoms with Gasteiger partial charge >= 0.3 is 0 Å². The van der Waals surface area contributed by atoms with E-state index >= 15 is 0 Å². The number of para-hydroxylation sites is 1. The molecule has 0 aromatic heterocycles. The number of aryl methyl sites for hydroxylation is 1. The minimum absolute atomic E-state index is 0.127. The Balaban J connectivity index is 1.51. The number of rotatable bonds is 13. The summed E-state index contributed by atoms with van der Waals surface area (Å²) in [6.45, 7) is 1.88. The summed E-state index contributed by atoms with van der Waals surface area (Å²) < 4.78 is 0. The first-order valence-electron chi connectivity index (χ1n) is 10.3.